The highest BCUT2D eigenvalue weighted by molar-refractivity contribution is 9.10. The van der Waals surface area contributed by atoms with Crippen LogP contribution in [0.4, 0.5) is 5.69 Å². The van der Waals surface area contributed by atoms with Crippen LogP contribution in [0.25, 0.3) is 0 Å². The van der Waals surface area contributed by atoms with Crippen molar-refractivity contribution in [1.82, 2.24) is 0 Å². The Bertz CT molecular complexity index is 603. The quantitative estimate of drug-likeness (QED) is 0.900. The van der Waals surface area contributed by atoms with Crippen molar-refractivity contribution in [2.75, 3.05) is 5.32 Å². The zero-order valence-corrected chi connectivity index (χ0v) is 13.1. The van der Waals surface area contributed by atoms with Gasteiger partial charge in [0.05, 0.1) is 5.69 Å². The van der Waals surface area contributed by atoms with Crippen LogP contribution >= 0.6 is 15.9 Å². The third-order valence-corrected chi connectivity index (χ3v) is 3.75. The second kappa shape index (κ2) is 6.20. The third kappa shape index (κ3) is 3.26. The van der Waals surface area contributed by atoms with Gasteiger partial charge in [-0.25, -0.2) is 0 Å². The van der Waals surface area contributed by atoms with E-state index < -0.39 is 6.04 Å². The Kier molecular flexibility index (Phi) is 4.57. The molecule has 0 bridgehead atoms. The zero-order valence-electron chi connectivity index (χ0n) is 11.5. The lowest BCUT2D eigenvalue weighted by Crippen LogP contribution is -2.28. The number of halogens is 1. The van der Waals surface area contributed by atoms with Crippen molar-refractivity contribution in [2.45, 2.75) is 19.9 Å². The van der Waals surface area contributed by atoms with Crippen molar-refractivity contribution >= 4 is 27.5 Å². The van der Waals surface area contributed by atoms with Crippen LogP contribution in [0.3, 0.4) is 0 Å². The molecule has 0 aromatic heterocycles. The monoisotopic (exact) mass is 332 g/mol. The van der Waals surface area contributed by atoms with Crippen LogP contribution in [0.15, 0.2) is 46.9 Å². The van der Waals surface area contributed by atoms with Gasteiger partial charge in [-0.2, -0.15) is 0 Å². The summed E-state index contributed by atoms with van der Waals surface area (Å²) in [5, 5.41) is 2.89. The summed E-state index contributed by atoms with van der Waals surface area (Å²) in [4.78, 5) is 12.2. The minimum Gasteiger partial charge on any atom is -0.323 e. The van der Waals surface area contributed by atoms with E-state index >= 15 is 0 Å². The average Bonchev–Trinajstić information content (AvgIpc) is 2.42. The maximum atomic E-state index is 12.2. The predicted molar refractivity (Wildman–Crippen MR) is 85.6 cm³/mol. The smallest absolute Gasteiger partial charge is 0.245 e. The lowest BCUT2D eigenvalue weighted by atomic mass is 10.1. The van der Waals surface area contributed by atoms with E-state index in [0.717, 1.165) is 26.9 Å². The predicted octanol–water partition coefficient (Wildman–Crippen LogP) is 3.70. The maximum absolute atomic E-state index is 12.2. The second-order valence-corrected chi connectivity index (χ2v) is 5.67. The third-order valence-electron chi connectivity index (χ3n) is 3.12. The van der Waals surface area contributed by atoms with Gasteiger partial charge in [0.1, 0.15) is 6.04 Å². The van der Waals surface area contributed by atoms with Gasteiger partial charge in [0.2, 0.25) is 5.91 Å². The van der Waals surface area contributed by atoms with Gasteiger partial charge < -0.3 is 11.1 Å². The average molecular weight is 333 g/mol. The van der Waals surface area contributed by atoms with E-state index in [9.17, 15) is 4.79 Å². The van der Waals surface area contributed by atoms with E-state index in [1.165, 1.54) is 0 Å². The fourth-order valence-corrected chi connectivity index (χ4v) is 2.86. The minimum absolute atomic E-state index is 0.219. The van der Waals surface area contributed by atoms with Crippen molar-refractivity contribution < 1.29 is 4.79 Å². The molecular weight excluding hydrogens is 316 g/mol. The number of carbonyl (C=O) groups excluding carboxylic acids is 1. The molecule has 1 unspecified atom stereocenters. The summed E-state index contributed by atoms with van der Waals surface area (Å²) in [6.45, 7) is 3.97. The van der Waals surface area contributed by atoms with Gasteiger partial charge in [-0.1, -0.05) is 36.4 Å². The van der Waals surface area contributed by atoms with Gasteiger partial charge in [-0.3, -0.25) is 4.79 Å². The van der Waals surface area contributed by atoms with Crippen LogP contribution in [0.1, 0.15) is 22.7 Å². The summed E-state index contributed by atoms with van der Waals surface area (Å²) < 4.78 is 0.864. The molecule has 0 heterocycles. The van der Waals surface area contributed by atoms with Gasteiger partial charge in [0.15, 0.2) is 0 Å². The van der Waals surface area contributed by atoms with Gasteiger partial charge in [-0.05, 0) is 52.5 Å². The highest BCUT2D eigenvalue weighted by Gasteiger charge is 2.17. The molecule has 104 valence electrons. The standard InChI is InChI=1S/C16H17BrN2O/c1-10-8-11(2)15(13(17)9-10)19-16(20)14(18)12-6-4-3-5-7-12/h3-9,14H,18H2,1-2H3,(H,19,20). The molecule has 2 rings (SSSR count). The lowest BCUT2D eigenvalue weighted by Gasteiger charge is -2.16. The molecule has 0 aliphatic heterocycles. The first-order valence-corrected chi connectivity index (χ1v) is 7.16. The fraction of sp³-hybridized carbons (Fsp3) is 0.188. The Hall–Kier alpha value is -1.65. The summed E-state index contributed by atoms with van der Waals surface area (Å²) in [7, 11) is 0. The number of hydrogen-bond acceptors (Lipinski definition) is 2. The van der Waals surface area contributed by atoms with Crippen LogP contribution in [0, 0.1) is 13.8 Å². The Morgan fingerprint density at radius 3 is 2.45 bits per heavy atom. The minimum atomic E-state index is -0.677. The SMILES string of the molecule is Cc1cc(C)c(NC(=O)C(N)c2ccccc2)c(Br)c1. The number of anilines is 1. The Labute approximate surface area is 127 Å². The highest BCUT2D eigenvalue weighted by Crippen LogP contribution is 2.28. The number of aryl methyl sites for hydroxylation is 2. The van der Waals surface area contributed by atoms with E-state index in [2.05, 4.69) is 21.2 Å². The zero-order chi connectivity index (χ0) is 14.7. The number of amides is 1. The molecular formula is C16H17BrN2O. The molecule has 4 heteroatoms. The largest absolute Gasteiger partial charge is 0.323 e. The number of rotatable bonds is 3. The molecule has 0 fully saturated rings. The Morgan fingerprint density at radius 1 is 1.20 bits per heavy atom. The molecule has 0 saturated heterocycles. The highest BCUT2D eigenvalue weighted by atomic mass is 79.9. The van der Waals surface area contributed by atoms with E-state index in [0.29, 0.717) is 0 Å². The van der Waals surface area contributed by atoms with E-state index in [1.54, 1.807) is 0 Å². The van der Waals surface area contributed by atoms with E-state index in [4.69, 9.17) is 5.73 Å². The van der Waals surface area contributed by atoms with Crippen LogP contribution in [-0.2, 0) is 4.79 Å². The number of nitrogens with one attached hydrogen (secondary N) is 1. The molecule has 20 heavy (non-hydrogen) atoms. The second-order valence-electron chi connectivity index (χ2n) is 4.82. The first-order valence-electron chi connectivity index (χ1n) is 6.37. The van der Waals surface area contributed by atoms with E-state index in [-0.39, 0.29) is 5.91 Å². The summed E-state index contributed by atoms with van der Waals surface area (Å²) in [5.41, 5.74) is 9.70. The number of benzene rings is 2. The lowest BCUT2D eigenvalue weighted by molar-refractivity contribution is -0.117. The molecule has 1 amide bonds. The molecule has 0 spiro atoms. The Balaban J connectivity index is 2.20. The summed E-state index contributed by atoms with van der Waals surface area (Å²) in [6, 6.07) is 12.6. The molecule has 0 radical (unpaired) electrons. The molecule has 2 aromatic carbocycles. The molecule has 2 aromatic rings. The molecule has 0 aliphatic carbocycles. The van der Waals surface area contributed by atoms with Crippen molar-refractivity contribution in [3.8, 4) is 0 Å². The van der Waals surface area contributed by atoms with Gasteiger partial charge in [0, 0.05) is 4.47 Å². The van der Waals surface area contributed by atoms with Crippen molar-refractivity contribution in [3.05, 3.63) is 63.6 Å². The van der Waals surface area contributed by atoms with Gasteiger partial charge >= 0.3 is 0 Å². The molecule has 1 atom stereocenters. The van der Waals surface area contributed by atoms with Crippen LogP contribution in [-0.4, -0.2) is 5.91 Å². The first kappa shape index (κ1) is 14.8. The summed E-state index contributed by atoms with van der Waals surface area (Å²) in [6.07, 6.45) is 0. The van der Waals surface area contributed by atoms with Crippen LogP contribution < -0.4 is 11.1 Å². The fourth-order valence-electron chi connectivity index (χ4n) is 2.09. The van der Waals surface area contributed by atoms with Gasteiger partial charge in [0.25, 0.3) is 0 Å². The number of hydrogen-bond donors (Lipinski definition) is 2. The van der Waals surface area contributed by atoms with Crippen LogP contribution in [0.2, 0.25) is 0 Å². The maximum Gasteiger partial charge on any atom is 0.245 e. The summed E-state index contributed by atoms with van der Waals surface area (Å²) >= 11 is 3.48. The summed E-state index contributed by atoms with van der Waals surface area (Å²) in [5.74, 6) is -0.219. The van der Waals surface area contributed by atoms with Gasteiger partial charge in [-0.15, -0.1) is 0 Å². The Morgan fingerprint density at radius 2 is 1.85 bits per heavy atom. The van der Waals surface area contributed by atoms with Crippen molar-refractivity contribution in [1.29, 1.82) is 0 Å². The topological polar surface area (TPSA) is 55.1 Å². The van der Waals surface area contributed by atoms with Crippen molar-refractivity contribution in [2.24, 2.45) is 5.73 Å². The van der Waals surface area contributed by atoms with Crippen LogP contribution in [0.5, 0.6) is 0 Å². The van der Waals surface area contributed by atoms with E-state index in [1.807, 2.05) is 56.3 Å². The normalized spacial score (nSPS) is 12.0. The molecule has 0 aliphatic rings. The number of carbonyl (C=O) groups is 1. The first-order chi connectivity index (χ1) is 9.49. The number of nitrogens with two attached hydrogens (primary N) is 1. The molecule has 3 nitrogen and oxygen atoms in total. The molecule has 3 N–H and O–H groups in total. The molecule has 0 saturated carbocycles. The van der Waals surface area contributed by atoms with Crippen molar-refractivity contribution in [3.63, 3.8) is 0 Å².